The van der Waals surface area contributed by atoms with Crippen molar-refractivity contribution in [2.45, 2.75) is 29.4 Å². The van der Waals surface area contributed by atoms with Gasteiger partial charge in [-0.1, -0.05) is 36.5 Å². The first-order valence-electron chi connectivity index (χ1n) is 7.02. The van der Waals surface area contributed by atoms with Crippen molar-refractivity contribution >= 4 is 34.0 Å². The van der Waals surface area contributed by atoms with Crippen molar-refractivity contribution in [1.29, 1.82) is 0 Å². The van der Waals surface area contributed by atoms with Gasteiger partial charge in [-0.05, 0) is 35.5 Å². The van der Waals surface area contributed by atoms with Crippen LogP contribution in [0.4, 0.5) is 5.00 Å². The van der Waals surface area contributed by atoms with Crippen LogP contribution in [0.1, 0.15) is 23.7 Å². The number of benzene rings is 1. The van der Waals surface area contributed by atoms with E-state index in [9.17, 15) is 4.79 Å². The maximum absolute atomic E-state index is 12.1. The number of nitrogens with zero attached hydrogens (tertiary/aromatic N) is 5. The molecule has 0 saturated heterocycles. The molecule has 0 aliphatic carbocycles. The number of hydrogen-bond donors (Lipinski definition) is 1. The maximum Gasteiger partial charge on any atom is 0.256 e. The van der Waals surface area contributed by atoms with E-state index >= 15 is 0 Å². The standard InChI is InChI=1S/C14H14N6OS2/c1-2-8-20-18-13(17-19-20)23-14-15-9-11(22-14)16-12(21)10-6-4-3-5-7-10/h3-7,9H,2,8H2,1H3,(H,16,21). The average molecular weight is 346 g/mol. The summed E-state index contributed by atoms with van der Waals surface area (Å²) in [4.78, 5) is 17.9. The van der Waals surface area contributed by atoms with Gasteiger partial charge >= 0.3 is 0 Å². The average Bonchev–Trinajstić information content (AvgIpc) is 3.19. The number of carbonyl (C=O) groups excluding carboxylic acids is 1. The van der Waals surface area contributed by atoms with Crippen LogP contribution in [0.5, 0.6) is 0 Å². The van der Waals surface area contributed by atoms with Crippen LogP contribution in [-0.4, -0.2) is 31.1 Å². The van der Waals surface area contributed by atoms with Crippen molar-refractivity contribution in [2.75, 3.05) is 5.32 Å². The number of aromatic nitrogens is 5. The molecule has 0 aliphatic rings. The summed E-state index contributed by atoms with van der Waals surface area (Å²) in [5.74, 6) is -0.155. The number of nitrogens with one attached hydrogen (secondary N) is 1. The number of aryl methyl sites for hydroxylation is 1. The van der Waals surface area contributed by atoms with Crippen molar-refractivity contribution in [3.8, 4) is 0 Å². The summed E-state index contributed by atoms with van der Waals surface area (Å²) in [6.07, 6.45) is 2.58. The molecule has 3 rings (SSSR count). The second-order valence-electron chi connectivity index (χ2n) is 4.58. The predicted octanol–water partition coefficient (Wildman–Crippen LogP) is 2.94. The quantitative estimate of drug-likeness (QED) is 0.738. The minimum Gasteiger partial charge on any atom is -0.312 e. The van der Waals surface area contributed by atoms with Gasteiger partial charge in [-0.15, -0.1) is 10.2 Å². The second kappa shape index (κ2) is 7.34. The third-order valence-corrected chi connectivity index (χ3v) is 4.63. The van der Waals surface area contributed by atoms with Gasteiger partial charge in [0.05, 0.1) is 12.7 Å². The van der Waals surface area contributed by atoms with E-state index in [0.29, 0.717) is 15.7 Å². The highest BCUT2D eigenvalue weighted by Crippen LogP contribution is 2.31. The van der Waals surface area contributed by atoms with Gasteiger partial charge in [0.15, 0.2) is 4.34 Å². The fraction of sp³-hybridized carbons (Fsp3) is 0.214. The van der Waals surface area contributed by atoms with E-state index in [1.165, 1.54) is 23.1 Å². The Kier molecular flexibility index (Phi) is 4.99. The fourth-order valence-electron chi connectivity index (χ4n) is 1.78. The molecular weight excluding hydrogens is 332 g/mol. The Morgan fingerprint density at radius 3 is 2.96 bits per heavy atom. The molecule has 0 unspecified atom stereocenters. The van der Waals surface area contributed by atoms with Gasteiger partial charge in [-0.3, -0.25) is 4.79 Å². The van der Waals surface area contributed by atoms with E-state index in [-0.39, 0.29) is 5.91 Å². The van der Waals surface area contributed by atoms with E-state index in [0.717, 1.165) is 17.3 Å². The molecule has 7 nitrogen and oxygen atoms in total. The molecule has 118 valence electrons. The molecule has 0 spiro atoms. The molecule has 23 heavy (non-hydrogen) atoms. The summed E-state index contributed by atoms with van der Waals surface area (Å²) in [7, 11) is 0. The summed E-state index contributed by atoms with van der Waals surface area (Å²) in [5.41, 5.74) is 0.610. The molecule has 1 aromatic carbocycles. The summed E-state index contributed by atoms with van der Waals surface area (Å²) in [5, 5.41) is 16.2. The van der Waals surface area contributed by atoms with Crippen molar-refractivity contribution in [2.24, 2.45) is 0 Å². The molecule has 9 heteroatoms. The highest BCUT2D eigenvalue weighted by atomic mass is 32.2. The maximum atomic E-state index is 12.1. The smallest absolute Gasteiger partial charge is 0.256 e. The van der Waals surface area contributed by atoms with Crippen LogP contribution in [0.2, 0.25) is 0 Å². The number of anilines is 1. The molecular formula is C14H14N6OS2. The van der Waals surface area contributed by atoms with Crippen LogP contribution < -0.4 is 5.32 Å². The normalized spacial score (nSPS) is 10.7. The topological polar surface area (TPSA) is 85.6 Å². The molecule has 0 aliphatic heterocycles. The monoisotopic (exact) mass is 346 g/mol. The molecule has 0 fully saturated rings. The van der Waals surface area contributed by atoms with Crippen LogP contribution in [0.15, 0.2) is 46.0 Å². The Hall–Kier alpha value is -2.26. The molecule has 3 aromatic rings. The van der Waals surface area contributed by atoms with Gasteiger partial charge in [0.2, 0.25) is 5.16 Å². The Morgan fingerprint density at radius 1 is 1.35 bits per heavy atom. The van der Waals surface area contributed by atoms with Gasteiger partial charge in [0, 0.05) is 5.56 Å². The lowest BCUT2D eigenvalue weighted by Gasteiger charge is -2.00. The van der Waals surface area contributed by atoms with Gasteiger partial charge in [0.1, 0.15) is 5.00 Å². The van der Waals surface area contributed by atoms with E-state index in [2.05, 4.69) is 32.6 Å². The molecule has 1 amide bonds. The van der Waals surface area contributed by atoms with Crippen molar-refractivity contribution < 1.29 is 4.79 Å². The minimum atomic E-state index is -0.155. The van der Waals surface area contributed by atoms with Crippen molar-refractivity contribution in [1.82, 2.24) is 25.2 Å². The molecule has 0 radical (unpaired) electrons. The lowest BCUT2D eigenvalue weighted by atomic mass is 10.2. The van der Waals surface area contributed by atoms with Crippen LogP contribution in [-0.2, 0) is 6.54 Å². The van der Waals surface area contributed by atoms with Crippen LogP contribution in [0.3, 0.4) is 0 Å². The van der Waals surface area contributed by atoms with Crippen molar-refractivity contribution in [3.05, 3.63) is 42.1 Å². The first-order chi connectivity index (χ1) is 11.2. The summed E-state index contributed by atoms with van der Waals surface area (Å²) in [6.45, 7) is 2.79. The highest BCUT2D eigenvalue weighted by molar-refractivity contribution is 8.00. The van der Waals surface area contributed by atoms with Gasteiger partial charge in [-0.25, -0.2) is 4.98 Å². The zero-order valence-electron chi connectivity index (χ0n) is 12.3. The highest BCUT2D eigenvalue weighted by Gasteiger charge is 2.11. The first-order valence-corrected chi connectivity index (χ1v) is 8.66. The Morgan fingerprint density at radius 2 is 2.17 bits per heavy atom. The summed E-state index contributed by atoms with van der Waals surface area (Å²) < 4.78 is 0.754. The zero-order valence-corrected chi connectivity index (χ0v) is 14.0. The number of thiazole rings is 1. The Bertz CT molecular complexity index is 785. The predicted molar refractivity (Wildman–Crippen MR) is 88.7 cm³/mol. The molecule has 1 N–H and O–H groups in total. The first kappa shape index (κ1) is 15.6. The van der Waals surface area contributed by atoms with Gasteiger partial charge < -0.3 is 5.32 Å². The largest absolute Gasteiger partial charge is 0.312 e. The lowest BCUT2D eigenvalue weighted by Crippen LogP contribution is -2.10. The zero-order chi connectivity index (χ0) is 16.1. The second-order valence-corrected chi connectivity index (χ2v) is 6.83. The number of carbonyl (C=O) groups is 1. The SMILES string of the molecule is CCCn1nnc(Sc2ncc(NC(=O)c3ccccc3)s2)n1. The van der Waals surface area contributed by atoms with E-state index < -0.39 is 0 Å². The number of tetrazole rings is 1. The lowest BCUT2D eigenvalue weighted by molar-refractivity contribution is 0.102. The van der Waals surface area contributed by atoms with Crippen LogP contribution in [0, 0.1) is 0 Å². The molecule has 0 saturated carbocycles. The third-order valence-electron chi connectivity index (χ3n) is 2.79. The van der Waals surface area contributed by atoms with Gasteiger partial charge in [-0.2, -0.15) is 4.80 Å². The van der Waals surface area contributed by atoms with Gasteiger partial charge in [0.25, 0.3) is 5.91 Å². The molecule has 2 aromatic heterocycles. The minimum absolute atomic E-state index is 0.155. The van der Waals surface area contributed by atoms with Crippen molar-refractivity contribution in [3.63, 3.8) is 0 Å². The molecule has 0 bridgehead atoms. The van der Waals surface area contributed by atoms with Crippen LogP contribution >= 0.6 is 23.1 Å². The molecule has 0 atom stereocenters. The van der Waals surface area contributed by atoms with Crippen LogP contribution in [0.25, 0.3) is 0 Å². The fourth-order valence-corrected chi connectivity index (χ4v) is 3.46. The summed E-state index contributed by atoms with van der Waals surface area (Å²) in [6, 6.07) is 9.06. The van der Waals surface area contributed by atoms with E-state index in [1.807, 2.05) is 18.2 Å². The Labute approximate surface area is 141 Å². The number of amides is 1. The third kappa shape index (κ3) is 4.14. The number of rotatable bonds is 6. The van der Waals surface area contributed by atoms with E-state index in [1.54, 1.807) is 23.1 Å². The Balaban J connectivity index is 1.62. The number of hydrogen-bond acceptors (Lipinski definition) is 7. The molecule has 2 heterocycles. The van der Waals surface area contributed by atoms with E-state index in [4.69, 9.17) is 0 Å². The summed E-state index contributed by atoms with van der Waals surface area (Å²) >= 11 is 2.70.